The number of halogens is 1. The Kier molecular flexibility index (Phi) is 7.93. The Morgan fingerprint density at radius 1 is 1.14 bits per heavy atom. The third-order valence-electron chi connectivity index (χ3n) is 3.30. The fraction of sp³-hybridized carbons (Fsp3) is 0.667. The van der Waals surface area contributed by atoms with E-state index in [9.17, 15) is 0 Å². The predicted molar refractivity (Wildman–Crippen MR) is 94.7 cm³/mol. The van der Waals surface area contributed by atoms with Crippen molar-refractivity contribution in [2.45, 2.75) is 59.1 Å². The van der Waals surface area contributed by atoms with E-state index in [-0.39, 0.29) is 11.6 Å². The molecule has 1 atom stereocenters. The second-order valence-corrected chi connectivity index (χ2v) is 7.99. The Balaban J connectivity index is 2.59. The molecule has 0 saturated carbocycles. The maximum absolute atomic E-state index is 6.14. The minimum Gasteiger partial charge on any atom is -0.372 e. The number of hydrogen-bond acceptors (Lipinski definition) is 2. The van der Waals surface area contributed by atoms with Gasteiger partial charge in [0.15, 0.2) is 0 Å². The molecule has 0 aliphatic rings. The number of rotatable bonds is 8. The molecule has 1 aromatic rings. The van der Waals surface area contributed by atoms with E-state index in [1.54, 1.807) is 0 Å². The van der Waals surface area contributed by atoms with Crippen molar-refractivity contribution in [3.63, 3.8) is 0 Å². The summed E-state index contributed by atoms with van der Waals surface area (Å²) in [5, 5.41) is 3.55. The lowest BCUT2D eigenvalue weighted by Crippen LogP contribution is -2.39. The van der Waals surface area contributed by atoms with Crippen molar-refractivity contribution >= 4 is 15.9 Å². The molecule has 0 aliphatic heterocycles. The molecule has 0 aromatic heterocycles. The van der Waals surface area contributed by atoms with E-state index < -0.39 is 0 Å². The highest BCUT2D eigenvalue weighted by atomic mass is 79.9. The van der Waals surface area contributed by atoms with E-state index in [0.29, 0.717) is 0 Å². The lowest BCUT2D eigenvalue weighted by atomic mass is 10.1. The molecule has 1 unspecified atom stereocenters. The van der Waals surface area contributed by atoms with Gasteiger partial charge in [-0.25, -0.2) is 0 Å². The fourth-order valence-corrected chi connectivity index (χ4v) is 2.33. The van der Waals surface area contributed by atoms with Crippen molar-refractivity contribution in [2.24, 2.45) is 5.92 Å². The topological polar surface area (TPSA) is 21.3 Å². The van der Waals surface area contributed by atoms with E-state index in [4.69, 9.17) is 4.74 Å². The highest BCUT2D eigenvalue weighted by molar-refractivity contribution is 9.10. The normalized spacial score (nSPS) is 13.7. The average Bonchev–Trinajstić information content (AvgIpc) is 2.38. The lowest BCUT2D eigenvalue weighted by Gasteiger charge is -2.26. The van der Waals surface area contributed by atoms with Gasteiger partial charge >= 0.3 is 0 Å². The molecule has 0 spiro atoms. The van der Waals surface area contributed by atoms with E-state index in [0.717, 1.165) is 30.0 Å². The van der Waals surface area contributed by atoms with Crippen LogP contribution in [0, 0.1) is 5.92 Å². The summed E-state index contributed by atoms with van der Waals surface area (Å²) in [7, 11) is 0. The number of benzene rings is 1. The first kappa shape index (κ1) is 18.7. The highest BCUT2D eigenvalue weighted by Gasteiger charge is 2.16. The number of nitrogens with one attached hydrogen (secondary N) is 1. The Bertz CT molecular complexity index is 395. The molecule has 0 fully saturated rings. The average molecular weight is 356 g/mol. The smallest absolute Gasteiger partial charge is 0.0949 e. The fourth-order valence-electron chi connectivity index (χ4n) is 2.07. The van der Waals surface area contributed by atoms with Crippen molar-refractivity contribution in [3.8, 4) is 0 Å². The SMILES string of the molecule is CC(C)CCCOC(CNC(C)(C)C)c1ccc(Br)cc1. The molecule has 0 aliphatic carbocycles. The number of ether oxygens (including phenoxy) is 1. The first-order valence-electron chi connectivity index (χ1n) is 7.90. The van der Waals surface area contributed by atoms with Crippen molar-refractivity contribution in [1.82, 2.24) is 5.32 Å². The van der Waals surface area contributed by atoms with E-state index >= 15 is 0 Å². The molecular formula is C18H30BrNO. The molecule has 0 radical (unpaired) electrons. The molecular weight excluding hydrogens is 326 g/mol. The first-order chi connectivity index (χ1) is 9.78. The van der Waals surface area contributed by atoms with Crippen LogP contribution in [-0.2, 0) is 4.74 Å². The van der Waals surface area contributed by atoms with Gasteiger partial charge in [-0.2, -0.15) is 0 Å². The van der Waals surface area contributed by atoms with Crippen molar-refractivity contribution < 1.29 is 4.74 Å². The van der Waals surface area contributed by atoms with Crippen LogP contribution in [0.1, 0.15) is 59.1 Å². The molecule has 21 heavy (non-hydrogen) atoms. The van der Waals surface area contributed by atoms with Crippen LogP contribution >= 0.6 is 15.9 Å². The second-order valence-electron chi connectivity index (χ2n) is 7.08. The molecule has 3 heteroatoms. The van der Waals surface area contributed by atoms with Crippen molar-refractivity contribution in [1.29, 1.82) is 0 Å². The molecule has 120 valence electrons. The quantitative estimate of drug-likeness (QED) is 0.636. The van der Waals surface area contributed by atoms with Gasteiger partial charge in [-0.1, -0.05) is 41.9 Å². The summed E-state index contributed by atoms with van der Waals surface area (Å²) >= 11 is 3.49. The standard InChI is InChI=1S/C18H30BrNO/c1-14(2)7-6-12-21-17(13-20-18(3,4)5)15-8-10-16(19)11-9-15/h8-11,14,17,20H,6-7,12-13H2,1-5H3. The predicted octanol–water partition coefficient (Wildman–Crippen LogP) is 5.33. The molecule has 1 rings (SSSR count). The van der Waals surface area contributed by atoms with Crippen LogP contribution in [0.4, 0.5) is 0 Å². The summed E-state index contributed by atoms with van der Waals surface area (Å²) in [6, 6.07) is 8.44. The third kappa shape index (κ3) is 8.60. The van der Waals surface area contributed by atoms with Gasteiger partial charge in [0.2, 0.25) is 0 Å². The van der Waals surface area contributed by atoms with Crippen LogP contribution in [0.5, 0.6) is 0 Å². The van der Waals surface area contributed by atoms with Crippen LogP contribution in [0.3, 0.4) is 0 Å². The summed E-state index contributed by atoms with van der Waals surface area (Å²) in [6.07, 6.45) is 2.46. The van der Waals surface area contributed by atoms with Crippen LogP contribution in [-0.4, -0.2) is 18.7 Å². The molecule has 1 aromatic carbocycles. The molecule has 0 bridgehead atoms. The van der Waals surface area contributed by atoms with Crippen molar-refractivity contribution in [3.05, 3.63) is 34.3 Å². The minimum absolute atomic E-state index is 0.106. The highest BCUT2D eigenvalue weighted by Crippen LogP contribution is 2.21. The summed E-state index contributed by atoms with van der Waals surface area (Å²) in [4.78, 5) is 0. The monoisotopic (exact) mass is 355 g/mol. The summed E-state index contributed by atoms with van der Waals surface area (Å²) in [5.74, 6) is 0.743. The van der Waals surface area contributed by atoms with Crippen LogP contribution < -0.4 is 5.32 Å². The van der Waals surface area contributed by atoms with Gasteiger partial charge in [0, 0.05) is 23.2 Å². The van der Waals surface area contributed by atoms with E-state index in [1.807, 2.05) is 0 Å². The Labute approximate surface area is 138 Å². The minimum atomic E-state index is 0.106. The van der Waals surface area contributed by atoms with Gasteiger partial charge in [0.05, 0.1) is 6.10 Å². The maximum atomic E-state index is 6.14. The third-order valence-corrected chi connectivity index (χ3v) is 3.83. The summed E-state index contributed by atoms with van der Waals surface area (Å²) < 4.78 is 7.24. The van der Waals surface area contributed by atoms with E-state index in [2.05, 4.69) is 80.1 Å². The largest absolute Gasteiger partial charge is 0.372 e. The van der Waals surface area contributed by atoms with Crippen molar-refractivity contribution in [2.75, 3.05) is 13.2 Å². The Morgan fingerprint density at radius 2 is 1.76 bits per heavy atom. The maximum Gasteiger partial charge on any atom is 0.0949 e. The molecule has 2 nitrogen and oxygen atoms in total. The Hall–Kier alpha value is -0.380. The zero-order valence-corrected chi connectivity index (χ0v) is 15.7. The van der Waals surface area contributed by atoms with Crippen LogP contribution in [0.15, 0.2) is 28.7 Å². The van der Waals surface area contributed by atoms with Gasteiger partial charge in [0.25, 0.3) is 0 Å². The van der Waals surface area contributed by atoms with Gasteiger partial charge in [-0.3, -0.25) is 0 Å². The second kappa shape index (κ2) is 8.92. The molecule has 0 heterocycles. The van der Waals surface area contributed by atoms with Gasteiger partial charge < -0.3 is 10.1 Å². The zero-order chi connectivity index (χ0) is 15.9. The van der Waals surface area contributed by atoms with Gasteiger partial charge in [0.1, 0.15) is 0 Å². The first-order valence-corrected chi connectivity index (χ1v) is 8.69. The summed E-state index contributed by atoms with van der Waals surface area (Å²) in [5.41, 5.74) is 1.34. The number of hydrogen-bond donors (Lipinski definition) is 1. The Morgan fingerprint density at radius 3 is 2.29 bits per heavy atom. The molecule has 1 N–H and O–H groups in total. The zero-order valence-electron chi connectivity index (χ0n) is 14.1. The molecule has 0 amide bonds. The lowest BCUT2D eigenvalue weighted by molar-refractivity contribution is 0.0446. The van der Waals surface area contributed by atoms with Crippen LogP contribution in [0.2, 0.25) is 0 Å². The van der Waals surface area contributed by atoms with E-state index in [1.165, 1.54) is 12.0 Å². The van der Waals surface area contributed by atoms with Gasteiger partial charge in [-0.05, 0) is 57.2 Å². The van der Waals surface area contributed by atoms with Crippen LogP contribution in [0.25, 0.3) is 0 Å². The van der Waals surface area contributed by atoms with Gasteiger partial charge in [-0.15, -0.1) is 0 Å². The molecule has 0 saturated heterocycles. The summed E-state index contributed by atoms with van der Waals surface area (Å²) in [6.45, 7) is 12.7.